The average Bonchev–Trinajstić information content (AvgIpc) is 2.35. The van der Waals surface area contributed by atoms with Crippen molar-refractivity contribution in [2.75, 3.05) is 0 Å². The molecule has 1 aromatic heterocycles. The maximum absolute atomic E-state index is 6.09. The van der Waals surface area contributed by atoms with E-state index in [0.717, 1.165) is 12.8 Å². The lowest BCUT2D eigenvalue weighted by molar-refractivity contribution is 0.445. The fourth-order valence-corrected chi connectivity index (χ4v) is 1.56. The molecule has 88 valence electrons. The van der Waals surface area contributed by atoms with Crippen molar-refractivity contribution >= 4 is 5.57 Å². The highest BCUT2D eigenvalue weighted by atomic mass is 14.6. The molecule has 0 aliphatic carbocycles. The summed E-state index contributed by atoms with van der Waals surface area (Å²) in [5.41, 5.74) is 8.53. The van der Waals surface area contributed by atoms with Gasteiger partial charge in [0, 0.05) is 18.4 Å². The lowest BCUT2D eigenvalue weighted by atomic mass is 9.96. The second-order valence-corrected chi connectivity index (χ2v) is 4.41. The summed E-state index contributed by atoms with van der Waals surface area (Å²) in [5, 5.41) is 0. The Balaban J connectivity index is 2.58. The fourth-order valence-electron chi connectivity index (χ4n) is 1.56. The van der Waals surface area contributed by atoms with Gasteiger partial charge in [-0.25, -0.2) is 0 Å². The van der Waals surface area contributed by atoms with E-state index in [9.17, 15) is 0 Å². The van der Waals surface area contributed by atoms with Crippen molar-refractivity contribution in [1.29, 1.82) is 0 Å². The largest absolute Gasteiger partial charge is 0.327 e. The number of nitrogens with zero attached hydrogens (tertiary/aromatic N) is 1. The normalized spacial score (nSPS) is 15.9. The first-order chi connectivity index (χ1) is 7.65. The molecule has 1 rings (SSSR count). The molecular weight excluding hydrogens is 196 g/mol. The van der Waals surface area contributed by atoms with E-state index >= 15 is 0 Å². The van der Waals surface area contributed by atoms with E-state index in [0.29, 0.717) is 5.92 Å². The van der Waals surface area contributed by atoms with E-state index in [2.05, 4.69) is 37.9 Å². The summed E-state index contributed by atoms with van der Waals surface area (Å²) in [6, 6.07) is 4.30. The highest BCUT2D eigenvalue weighted by Crippen LogP contribution is 2.15. The maximum atomic E-state index is 6.09. The Kier molecular flexibility index (Phi) is 5.20. The van der Waals surface area contributed by atoms with Gasteiger partial charge >= 0.3 is 0 Å². The smallest absolute Gasteiger partial charge is 0.0342 e. The Hall–Kier alpha value is -1.15. The highest BCUT2D eigenvalue weighted by Gasteiger charge is 2.08. The molecule has 0 saturated carbocycles. The topological polar surface area (TPSA) is 38.9 Å². The van der Waals surface area contributed by atoms with Crippen LogP contribution in [-0.4, -0.2) is 11.0 Å². The molecule has 0 aliphatic rings. The Morgan fingerprint density at radius 2 is 2.31 bits per heavy atom. The lowest BCUT2D eigenvalue weighted by Gasteiger charge is -2.16. The van der Waals surface area contributed by atoms with Crippen LogP contribution in [0.1, 0.15) is 39.2 Å². The zero-order valence-corrected chi connectivity index (χ0v) is 10.5. The van der Waals surface area contributed by atoms with E-state index in [1.807, 2.05) is 12.3 Å². The summed E-state index contributed by atoms with van der Waals surface area (Å²) < 4.78 is 0. The van der Waals surface area contributed by atoms with Crippen LogP contribution in [-0.2, 0) is 0 Å². The number of allylic oxidation sites excluding steroid dienone is 1. The van der Waals surface area contributed by atoms with E-state index in [1.165, 1.54) is 11.1 Å². The molecule has 1 aromatic rings. The minimum atomic E-state index is 0.261. The molecule has 0 aromatic carbocycles. The fraction of sp³-hybridized carbons (Fsp3) is 0.500. The lowest BCUT2D eigenvalue weighted by Crippen LogP contribution is -2.26. The van der Waals surface area contributed by atoms with Gasteiger partial charge in [0.25, 0.3) is 0 Å². The maximum Gasteiger partial charge on any atom is 0.0342 e. The predicted molar refractivity (Wildman–Crippen MR) is 69.9 cm³/mol. The van der Waals surface area contributed by atoms with Crippen LogP contribution in [0, 0.1) is 5.92 Å². The van der Waals surface area contributed by atoms with Crippen LogP contribution in [0.2, 0.25) is 0 Å². The Morgan fingerprint density at radius 3 is 2.88 bits per heavy atom. The van der Waals surface area contributed by atoms with Crippen molar-refractivity contribution < 1.29 is 0 Å². The summed E-state index contributed by atoms with van der Waals surface area (Å²) in [6.45, 7) is 6.50. The van der Waals surface area contributed by atoms with Crippen molar-refractivity contribution in [3.63, 3.8) is 0 Å². The van der Waals surface area contributed by atoms with Crippen LogP contribution >= 0.6 is 0 Å². The van der Waals surface area contributed by atoms with Crippen LogP contribution in [0.3, 0.4) is 0 Å². The standard InChI is InChI=1S/C14H22N2/c1-4-11(2)14(15)8-7-12(3)13-6-5-9-16-10-13/h5-7,9-11,14H,4,8,15H2,1-3H3. The Labute approximate surface area is 98.6 Å². The van der Waals surface area contributed by atoms with E-state index in [-0.39, 0.29) is 6.04 Å². The van der Waals surface area contributed by atoms with Gasteiger partial charge in [0.1, 0.15) is 0 Å². The van der Waals surface area contributed by atoms with Crippen molar-refractivity contribution in [1.82, 2.24) is 4.98 Å². The quantitative estimate of drug-likeness (QED) is 0.824. The molecule has 0 amide bonds. The van der Waals surface area contributed by atoms with Crippen LogP contribution in [0.25, 0.3) is 5.57 Å². The average molecular weight is 218 g/mol. The molecule has 2 unspecified atom stereocenters. The van der Waals surface area contributed by atoms with Crippen molar-refractivity contribution in [3.05, 3.63) is 36.2 Å². The van der Waals surface area contributed by atoms with Gasteiger partial charge in [-0.3, -0.25) is 4.98 Å². The van der Waals surface area contributed by atoms with Gasteiger partial charge in [0.05, 0.1) is 0 Å². The molecule has 2 atom stereocenters. The number of hydrogen-bond acceptors (Lipinski definition) is 2. The van der Waals surface area contributed by atoms with Gasteiger partial charge in [-0.1, -0.05) is 32.4 Å². The van der Waals surface area contributed by atoms with Gasteiger partial charge in [-0.2, -0.15) is 0 Å². The van der Waals surface area contributed by atoms with Crippen molar-refractivity contribution in [2.24, 2.45) is 11.7 Å². The van der Waals surface area contributed by atoms with Crippen LogP contribution in [0.4, 0.5) is 0 Å². The van der Waals surface area contributed by atoms with Crippen LogP contribution < -0.4 is 5.73 Å². The first-order valence-corrected chi connectivity index (χ1v) is 5.97. The summed E-state index contributed by atoms with van der Waals surface area (Å²) in [4.78, 5) is 4.11. The Bertz CT molecular complexity index is 330. The molecule has 2 nitrogen and oxygen atoms in total. The molecule has 2 heteroatoms. The molecule has 0 saturated heterocycles. The number of rotatable bonds is 5. The monoisotopic (exact) mass is 218 g/mol. The molecule has 0 aliphatic heterocycles. The summed E-state index contributed by atoms with van der Waals surface area (Å²) in [6.07, 6.45) is 7.98. The van der Waals surface area contributed by atoms with Gasteiger partial charge in [0.2, 0.25) is 0 Å². The summed E-state index contributed by atoms with van der Waals surface area (Å²) in [7, 11) is 0. The summed E-state index contributed by atoms with van der Waals surface area (Å²) >= 11 is 0. The molecule has 0 spiro atoms. The molecule has 0 fully saturated rings. The number of nitrogens with two attached hydrogens (primary N) is 1. The molecule has 16 heavy (non-hydrogen) atoms. The van der Waals surface area contributed by atoms with Crippen molar-refractivity contribution in [3.8, 4) is 0 Å². The first kappa shape index (κ1) is 12.9. The van der Waals surface area contributed by atoms with Gasteiger partial charge in [0.15, 0.2) is 0 Å². The molecule has 0 bridgehead atoms. The Morgan fingerprint density at radius 1 is 1.56 bits per heavy atom. The molecule has 1 heterocycles. The third-order valence-corrected chi connectivity index (χ3v) is 3.19. The molecule has 2 N–H and O–H groups in total. The first-order valence-electron chi connectivity index (χ1n) is 5.97. The minimum absolute atomic E-state index is 0.261. The van der Waals surface area contributed by atoms with Crippen LogP contribution in [0.5, 0.6) is 0 Å². The van der Waals surface area contributed by atoms with E-state index in [4.69, 9.17) is 5.73 Å². The van der Waals surface area contributed by atoms with E-state index < -0.39 is 0 Å². The second-order valence-electron chi connectivity index (χ2n) is 4.41. The van der Waals surface area contributed by atoms with Gasteiger partial charge in [-0.15, -0.1) is 0 Å². The minimum Gasteiger partial charge on any atom is -0.327 e. The third-order valence-electron chi connectivity index (χ3n) is 3.19. The van der Waals surface area contributed by atoms with Gasteiger partial charge < -0.3 is 5.73 Å². The van der Waals surface area contributed by atoms with Crippen LogP contribution in [0.15, 0.2) is 30.6 Å². The number of aromatic nitrogens is 1. The van der Waals surface area contributed by atoms with Crippen molar-refractivity contribution in [2.45, 2.75) is 39.7 Å². The molecular formula is C14H22N2. The van der Waals surface area contributed by atoms with Gasteiger partial charge in [-0.05, 0) is 36.5 Å². The number of hydrogen-bond donors (Lipinski definition) is 1. The van der Waals surface area contributed by atoms with E-state index in [1.54, 1.807) is 6.20 Å². The highest BCUT2D eigenvalue weighted by molar-refractivity contribution is 5.62. The molecule has 0 radical (unpaired) electrons. The SMILES string of the molecule is CCC(C)C(N)CC=C(C)c1cccnc1. The summed E-state index contributed by atoms with van der Waals surface area (Å²) in [5.74, 6) is 0.581. The third kappa shape index (κ3) is 3.78. The number of pyridine rings is 1. The zero-order chi connectivity index (χ0) is 12.0. The predicted octanol–water partition coefficient (Wildman–Crippen LogP) is 3.25. The second kappa shape index (κ2) is 6.44. The zero-order valence-electron chi connectivity index (χ0n) is 10.5.